The number of aromatic nitrogens is 1. The molecule has 1 aliphatic rings. The van der Waals surface area contributed by atoms with Gasteiger partial charge >= 0.3 is 0 Å². The zero-order chi connectivity index (χ0) is 22.7. The zero-order valence-electron chi connectivity index (χ0n) is 18.2. The Morgan fingerprint density at radius 2 is 1.59 bits per heavy atom. The smallest absolute Gasteiger partial charge is 0.231 e. The highest BCUT2D eigenvalue weighted by Crippen LogP contribution is 2.42. The minimum atomic E-state index is -0.582. The van der Waals surface area contributed by atoms with Crippen LogP contribution in [0, 0.1) is 12.8 Å². The third-order valence-electron chi connectivity index (χ3n) is 5.63. The number of nitrogens with zero attached hydrogens (tertiary/aromatic N) is 2. The summed E-state index contributed by atoms with van der Waals surface area (Å²) in [5.41, 5.74) is 2.56. The number of anilines is 2. The van der Waals surface area contributed by atoms with Crippen LogP contribution in [0.15, 0.2) is 66.9 Å². The van der Waals surface area contributed by atoms with E-state index in [1.165, 1.54) is 0 Å². The molecule has 0 saturated carbocycles. The van der Waals surface area contributed by atoms with Crippen molar-refractivity contribution < 1.29 is 19.1 Å². The van der Waals surface area contributed by atoms with E-state index in [-0.39, 0.29) is 18.2 Å². The van der Waals surface area contributed by atoms with Crippen molar-refractivity contribution in [3.8, 4) is 11.5 Å². The standard InChI is InChI=1S/C25H25N3O4/c1-16-4-13-22(26-15-16)27-25(30)21-14-23(29)28(18-7-11-20(32-3)12-8-18)24(21)17-5-9-19(31-2)10-6-17/h4-13,15,21,24H,14H2,1-3H3,(H,26,27,30). The first kappa shape index (κ1) is 21.4. The predicted octanol–water partition coefficient (Wildman–Crippen LogP) is 4.14. The number of aryl methyl sites for hydroxylation is 1. The van der Waals surface area contributed by atoms with Crippen LogP contribution in [0.2, 0.25) is 0 Å². The summed E-state index contributed by atoms with van der Waals surface area (Å²) in [4.78, 5) is 32.3. The molecule has 1 aliphatic heterocycles. The lowest BCUT2D eigenvalue weighted by Crippen LogP contribution is -2.32. The van der Waals surface area contributed by atoms with Crippen molar-refractivity contribution >= 4 is 23.3 Å². The van der Waals surface area contributed by atoms with Crippen molar-refractivity contribution in [2.24, 2.45) is 5.92 Å². The van der Waals surface area contributed by atoms with Crippen molar-refractivity contribution in [3.05, 3.63) is 78.0 Å². The molecule has 1 N–H and O–H groups in total. The van der Waals surface area contributed by atoms with Crippen molar-refractivity contribution in [2.45, 2.75) is 19.4 Å². The van der Waals surface area contributed by atoms with Gasteiger partial charge in [-0.25, -0.2) is 4.98 Å². The topological polar surface area (TPSA) is 80.8 Å². The molecule has 0 spiro atoms. The van der Waals surface area contributed by atoms with Crippen LogP contribution in [0.25, 0.3) is 0 Å². The number of pyridine rings is 1. The Morgan fingerprint density at radius 1 is 0.969 bits per heavy atom. The quantitative estimate of drug-likeness (QED) is 0.634. The van der Waals surface area contributed by atoms with Gasteiger partial charge in [-0.05, 0) is 60.5 Å². The number of amides is 2. The maximum atomic E-state index is 13.3. The molecule has 2 heterocycles. The van der Waals surface area contributed by atoms with Crippen LogP contribution in [0.5, 0.6) is 11.5 Å². The number of methoxy groups -OCH3 is 2. The first-order valence-electron chi connectivity index (χ1n) is 10.3. The molecule has 2 atom stereocenters. The number of nitrogens with one attached hydrogen (secondary N) is 1. The van der Waals surface area contributed by atoms with Crippen LogP contribution in [-0.2, 0) is 9.59 Å². The van der Waals surface area contributed by atoms with Crippen LogP contribution in [-0.4, -0.2) is 31.0 Å². The van der Waals surface area contributed by atoms with Crippen LogP contribution < -0.4 is 19.7 Å². The second-order valence-corrected chi connectivity index (χ2v) is 7.70. The van der Waals surface area contributed by atoms with Crippen molar-refractivity contribution in [2.75, 3.05) is 24.4 Å². The highest BCUT2D eigenvalue weighted by Gasteiger charge is 2.45. The number of hydrogen-bond acceptors (Lipinski definition) is 5. The molecular formula is C25H25N3O4. The molecule has 0 radical (unpaired) electrons. The Kier molecular flexibility index (Phi) is 6.07. The van der Waals surface area contributed by atoms with E-state index in [1.807, 2.05) is 49.4 Å². The van der Waals surface area contributed by atoms with E-state index in [9.17, 15) is 9.59 Å². The molecule has 2 amide bonds. The number of hydrogen-bond donors (Lipinski definition) is 1. The zero-order valence-corrected chi connectivity index (χ0v) is 18.2. The molecule has 3 aromatic rings. The number of carbonyl (C=O) groups excluding carboxylic acids is 2. The average molecular weight is 431 g/mol. The fourth-order valence-electron chi connectivity index (χ4n) is 3.96. The average Bonchev–Trinajstić information content (AvgIpc) is 3.17. The summed E-state index contributed by atoms with van der Waals surface area (Å²) >= 11 is 0. The van der Waals surface area contributed by atoms with E-state index in [0.29, 0.717) is 23.0 Å². The third-order valence-corrected chi connectivity index (χ3v) is 5.63. The van der Waals surface area contributed by atoms with E-state index in [1.54, 1.807) is 43.5 Å². The fraction of sp³-hybridized carbons (Fsp3) is 0.240. The Bertz CT molecular complexity index is 1100. The first-order valence-corrected chi connectivity index (χ1v) is 10.3. The minimum Gasteiger partial charge on any atom is -0.497 e. The fourth-order valence-corrected chi connectivity index (χ4v) is 3.96. The molecule has 32 heavy (non-hydrogen) atoms. The highest BCUT2D eigenvalue weighted by atomic mass is 16.5. The molecule has 164 valence electrons. The van der Waals surface area contributed by atoms with Gasteiger partial charge in [0.05, 0.1) is 26.2 Å². The van der Waals surface area contributed by atoms with Crippen molar-refractivity contribution in [1.29, 1.82) is 0 Å². The molecule has 1 fully saturated rings. The summed E-state index contributed by atoms with van der Waals surface area (Å²) in [7, 11) is 3.19. The summed E-state index contributed by atoms with van der Waals surface area (Å²) in [6, 6.07) is 17.9. The molecular weight excluding hydrogens is 406 g/mol. The lowest BCUT2D eigenvalue weighted by atomic mass is 9.92. The summed E-state index contributed by atoms with van der Waals surface area (Å²) in [6.45, 7) is 1.93. The molecule has 7 nitrogen and oxygen atoms in total. The SMILES string of the molecule is COc1ccc(C2C(C(=O)Nc3ccc(C)cn3)CC(=O)N2c2ccc(OC)cc2)cc1. The van der Waals surface area contributed by atoms with Gasteiger partial charge in [0.2, 0.25) is 11.8 Å². The molecule has 0 aliphatic carbocycles. The van der Waals surface area contributed by atoms with E-state index in [2.05, 4.69) is 10.3 Å². The van der Waals surface area contributed by atoms with Crippen molar-refractivity contribution in [1.82, 2.24) is 4.98 Å². The van der Waals surface area contributed by atoms with Crippen LogP contribution in [0.1, 0.15) is 23.6 Å². The van der Waals surface area contributed by atoms with Crippen molar-refractivity contribution in [3.63, 3.8) is 0 Å². The van der Waals surface area contributed by atoms with Gasteiger partial charge in [0.15, 0.2) is 0 Å². The van der Waals surface area contributed by atoms with Crippen LogP contribution in [0.3, 0.4) is 0 Å². The maximum absolute atomic E-state index is 13.3. The van der Waals surface area contributed by atoms with E-state index < -0.39 is 12.0 Å². The summed E-state index contributed by atoms with van der Waals surface area (Å²) < 4.78 is 10.5. The van der Waals surface area contributed by atoms with Gasteiger partial charge in [0.25, 0.3) is 0 Å². The Labute approximate surface area is 187 Å². The minimum absolute atomic E-state index is 0.0976. The Balaban J connectivity index is 1.69. The van der Waals surface area contributed by atoms with Gasteiger partial charge in [0.1, 0.15) is 17.3 Å². The molecule has 2 unspecified atom stereocenters. The Morgan fingerprint density at radius 3 is 2.16 bits per heavy atom. The summed E-state index contributed by atoms with van der Waals surface area (Å²) in [5, 5.41) is 2.87. The summed E-state index contributed by atoms with van der Waals surface area (Å²) in [5.74, 6) is 0.921. The normalized spacial score (nSPS) is 17.8. The van der Waals surface area contributed by atoms with Gasteiger partial charge in [-0.15, -0.1) is 0 Å². The number of carbonyl (C=O) groups is 2. The molecule has 1 aromatic heterocycles. The maximum Gasteiger partial charge on any atom is 0.231 e. The molecule has 0 bridgehead atoms. The Hall–Kier alpha value is -3.87. The largest absolute Gasteiger partial charge is 0.497 e. The monoisotopic (exact) mass is 431 g/mol. The predicted molar refractivity (Wildman–Crippen MR) is 122 cm³/mol. The first-order chi connectivity index (χ1) is 15.5. The molecule has 7 heteroatoms. The van der Waals surface area contributed by atoms with Gasteiger partial charge in [-0.1, -0.05) is 18.2 Å². The molecule has 2 aromatic carbocycles. The van der Waals surface area contributed by atoms with Gasteiger partial charge < -0.3 is 19.7 Å². The molecule has 1 saturated heterocycles. The second-order valence-electron chi connectivity index (χ2n) is 7.70. The van der Waals surface area contributed by atoms with E-state index in [0.717, 1.165) is 11.1 Å². The van der Waals surface area contributed by atoms with Gasteiger partial charge in [0, 0.05) is 18.3 Å². The van der Waals surface area contributed by atoms with Gasteiger partial charge in [-0.2, -0.15) is 0 Å². The van der Waals surface area contributed by atoms with Crippen LogP contribution >= 0.6 is 0 Å². The lowest BCUT2D eigenvalue weighted by molar-refractivity contribution is -0.122. The number of benzene rings is 2. The second kappa shape index (κ2) is 9.09. The molecule has 4 rings (SSSR count). The number of ether oxygens (including phenoxy) is 2. The number of rotatable bonds is 6. The lowest BCUT2D eigenvalue weighted by Gasteiger charge is -2.28. The van der Waals surface area contributed by atoms with Crippen LogP contribution in [0.4, 0.5) is 11.5 Å². The third kappa shape index (κ3) is 4.27. The van der Waals surface area contributed by atoms with Gasteiger partial charge in [-0.3, -0.25) is 9.59 Å². The highest BCUT2D eigenvalue weighted by molar-refractivity contribution is 6.04. The summed E-state index contributed by atoms with van der Waals surface area (Å²) in [6.07, 6.45) is 1.79. The van der Waals surface area contributed by atoms with E-state index >= 15 is 0 Å². The van der Waals surface area contributed by atoms with E-state index in [4.69, 9.17) is 9.47 Å².